The molecule has 2 heterocycles. The minimum atomic E-state index is -0.718. The van der Waals surface area contributed by atoms with E-state index in [1.807, 2.05) is 18.2 Å². The van der Waals surface area contributed by atoms with E-state index in [-0.39, 0.29) is 17.9 Å². The average Bonchev–Trinajstić information content (AvgIpc) is 2.66. The summed E-state index contributed by atoms with van der Waals surface area (Å²) in [4.78, 5) is 40.2. The Labute approximate surface area is 154 Å². The zero-order valence-corrected chi connectivity index (χ0v) is 14.6. The molecule has 0 bridgehead atoms. The van der Waals surface area contributed by atoms with Crippen LogP contribution in [0.2, 0.25) is 0 Å². The lowest BCUT2D eigenvalue weighted by Gasteiger charge is -2.09. The minimum absolute atomic E-state index is 0.00575. The summed E-state index contributed by atoms with van der Waals surface area (Å²) in [5.41, 5.74) is 1.25. The highest BCUT2D eigenvalue weighted by Gasteiger charge is 2.14. The normalized spacial score (nSPS) is 11.2. The summed E-state index contributed by atoms with van der Waals surface area (Å²) in [7, 11) is 0. The van der Waals surface area contributed by atoms with E-state index in [1.54, 1.807) is 36.5 Å². The summed E-state index contributed by atoms with van der Waals surface area (Å²) in [6, 6.07) is 15.5. The van der Waals surface area contributed by atoms with Gasteiger partial charge in [-0.1, -0.05) is 36.4 Å². The van der Waals surface area contributed by atoms with Crippen molar-refractivity contribution in [2.75, 3.05) is 0 Å². The zero-order chi connectivity index (χ0) is 19.2. The molecule has 7 heteroatoms. The molecule has 136 valence electrons. The van der Waals surface area contributed by atoms with Gasteiger partial charge in [0.1, 0.15) is 18.0 Å². The van der Waals surface area contributed by atoms with Crippen LogP contribution >= 0.6 is 0 Å². The number of hydrogen-bond acceptors (Lipinski definition) is 5. The Balaban J connectivity index is 1.79. The molecule has 0 saturated carbocycles. The van der Waals surface area contributed by atoms with Gasteiger partial charge < -0.3 is 10.1 Å². The number of amides is 1. The van der Waals surface area contributed by atoms with Crippen LogP contribution in [0.25, 0.3) is 11.7 Å². The maximum absolute atomic E-state index is 12.4. The van der Waals surface area contributed by atoms with Crippen molar-refractivity contribution in [1.82, 2.24) is 14.7 Å². The van der Waals surface area contributed by atoms with Gasteiger partial charge in [0.05, 0.1) is 5.69 Å². The number of pyridine rings is 1. The van der Waals surface area contributed by atoms with Crippen molar-refractivity contribution in [2.45, 2.75) is 13.5 Å². The van der Waals surface area contributed by atoms with Gasteiger partial charge in [0.25, 0.3) is 5.56 Å². The van der Waals surface area contributed by atoms with E-state index in [2.05, 4.69) is 10.3 Å². The molecule has 0 atom stereocenters. The van der Waals surface area contributed by atoms with E-state index in [0.29, 0.717) is 11.3 Å². The van der Waals surface area contributed by atoms with Crippen LogP contribution in [0.5, 0.6) is 0 Å². The van der Waals surface area contributed by atoms with Crippen molar-refractivity contribution in [2.24, 2.45) is 0 Å². The van der Waals surface area contributed by atoms with Gasteiger partial charge in [-0.25, -0.2) is 9.78 Å². The van der Waals surface area contributed by atoms with Crippen LogP contribution in [0.4, 0.5) is 0 Å². The Bertz CT molecular complexity index is 1070. The number of benzene rings is 1. The fraction of sp³-hybridized carbons (Fsp3) is 0.100. The first-order valence-electron chi connectivity index (χ1n) is 8.22. The molecule has 3 aromatic rings. The molecule has 0 saturated heterocycles. The van der Waals surface area contributed by atoms with Crippen LogP contribution < -0.4 is 10.9 Å². The number of ether oxygens (including phenoxy) is 1. The second kappa shape index (κ2) is 8.09. The van der Waals surface area contributed by atoms with Crippen molar-refractivity contribution >= 4 is 23.6 Å². The molecule has 0 radical (unpaired) electrons. The Morgan fingerprint density at radius 3 is 2.63 bits per heavy atom. The highest BCUT2D eigenvalue weighted by Crippen LogP contribution is 2.08. The first-order chi connectivity index (χ1) is 13.0. The van der Waals surface area contributed by atoms with Crippen molar-refractivity contribution in [3.8, 4) is 0 Å². The van der Waals surface area contributed by atoms with Gasteiger partial charge in [-0.05, 0) is 23.8 Å². The van der Waals surface area contributed by atoms with Gasteiger partial charge in [-0.15, -0.1) is 0 Å². The Morgan fingerprint density at radius 2 is 1.89 bits per heavy atom. The number of carbonyl (C=O) groups is 2. The molecule has 1 amide bonds. The van der Waals surface area contributed by atoms with Crippen LogP contribution in [0.1, 0.15) is 18.2 Å². The maximum atomic E-state index is 12.4. The predicted octanol–water partition coefficient (Wildman–Crippen LogP) is 1.91. The second-order valence-corrected chi connectivity index (χ2v) is 5.74. The van der Waals surface area contributed by atoms with Crippen molar-refractivity contribution < 1.29 is 14.3 Å². The van der Waals surface area contributed by atoms with E-state index in [4.69, 9.17) is 4.74 Å². The largest absolute Gasteiger partial charge is 0.455 e. The van der Waals surface area contributed by atoms with Gasteiger partial charge in [0.15, 0.2) is 0 Å². The highest BCUT2D eigenvalue weighted by molar-refractivity contribution is 5.97. The first-order valence-corrected chi connectivity index (χ1v) is 8.22. The summed E-state index contributed by atoms with van der Waals surface area (Å²) >= 11 is 0. The third-order valence-corrected chi connectivity index (χ3v) is 3.62. The number of carbonyl (C=O) groups excluding carboxylic acids is 2. The molecule has 0 fully saturated rings. The number of rotatable bonds is 5. The number of esters is 1. The molecule has 0 aliphatic carbocycles. The maximum Gasteiger partial charge on any atom is 0.355 e. The lowest BCUT2D eigenvalue weighted by Crippen LogP contribution is -2.26. The fourth-order valence-electron chi connectivity index (χ4n) is 2.45. The van der Waals surface area contributed by atoms with Crippen LogP contribution in [0, 0.1) is 0 Å². The van der Waals surface area contributed by atoms with Crippen LogP contribution in [-0.4, -0.2) is 21.3 Å². The minimum Gasteiger partial charge on any atom is -0.455 e. The molecule has 0 aliphatic rings. The lowest BCUT2D eigenvalue weighted by molar-refractivity contribution is -0.141. The van der Waals surface area contributed by atoms with Gasteiger partial charge >= 0.3 is 5.97 Å². The van der Waals surface area contributed by atoms with E-state index in [9.17, 15) is 14.4 Å². The topological polar surface area (TPSA) is 89.8 Å². The van der Waals surface area contributed by atoms with Gasteiger partial charge in [-0.3, -0.25) is 14.0 Å². The van der Waals surface area contributed by atoms with E-state index in [1.165, 1.54) is 23.5 Å². The molecule has 0 unspecified atom stereocenters. The summed E-state index contributed by atoms with van der Waals surface area (Å²) in [5.74, 6) is -1.11. The van der Waals surface area contributed by atoms with Gasteiger partial charge in [0.2, 0.25) is 5.91 Å². The van der Waals surface area contributed by atoms with Crippen molar-refractivity contribution in [3.05, 3.63) is 88.1 Å². The van der Waals surface area contributed by atoms with E-state index in [0.717, 1.165) is 5.56 Å². The number of fused-ring (bicyclic) bond motifs is 1. The predicted molar refractivity (Wildman–Crippen MR) is 99.5 cm³/mol. The number of nitrogens with zero attached hydrogens (tertiary/aromatic N) is 2. The Morgan fingerprint density at radius 1 is 1.15 bits per heavy atom. The third-order valence-electron chi connectivity index (χ3n) is 3.62. The van der Waals surface area contributed by atoms with Crippen LogP contribution in [0.15, 0.2) is 71.3 Å². The molecular formula is C20H17N3O4. The Hall–Kier alpha value is -3.74. The molecule has 7 nitrogen and oxygen atoms in total. The summed E-state index contributed by atoms with van der Waals surface area (Å²) in [6.45, 7) is 1.11. The molecule has 27 heavy (non-hydrogen) atoms. The molecule has 0 spiro atoms. The SMILES string of the molecule is CC(=O)N/C(=C\c1ccccc1)C(=O)OCc1cc(=O)n2ccccc2n1. The molecule has 2 aromatic heterocycles. The average molecular weight is 363 g/mol. The third kappa shape index (κ3) is 4.66. The zero-order valence-electron chi connectivity index (χ0n) is 14.6. The monoisotopic (exact) mass is 363 g/mol. The lowest BCUT2D eigenvalue weighted by atomic mass is 10.2. The standard InChI is InChI=1S/C20H17N3O4/c1-14(24)21-17(11-15-7-3-2-4-8-15)20(26)27-13-16-12-19(25)23-10-6-5-9-18(23)22-16/h2-12H,13H2,1H3,(H,21,24)/b17-11-. The second-order valence-electron chi connectivity index (χ2n) is 5.74. The fourth-order valence-corrected chi connectivity index (χ4v) is 2.45. The molecule has 3 rings (SSSR count). The molecule has 1 aromatic carbocycles. The smallest absolute Gasteiger partial charge is 0.355 e. The summed E-state index contributed by atoms with van der Waals surface area (Å²) < 4.78 is 6.63. The quantitative estimate of drug-likeness (QED) is 0.552. The summed E-state index contributed by atoms with van der Waals surface area (Å²) in [6.07, 6.45) is 3.13. The van der Waals surface area contributed by atoms with Gasteiger partial charge in [0, 0.05) is 19.2 Å². The molecular weight excluding hydrogens is 346 g/mol. The van der Waals surface area contributed by atoms with Crippen molar-refractivity contribution in [3.63, 3.8) is 0 Å². The van der Waals surface area contributed by atoms with Crippen molar-refractivity contribution in [1.29, 1.82) is 0 Å². The summed E-state index contributed by atoms with van der Waals surface area (Å²) in [5, 5.41) is 2.47. The number of hydrogen-bond donors (Lipinski definition) is 1. The number of nitrogens with one attached hydrogen (secondary N) is 1. The molecule has 0 aliphatic heterocycles. The molecule has 1 N–H and O–H groups in total. The van der Waals surface area contributed by atoms with Gasteiger partial charge in [-0.2, -0.15) is 0 Å². The Kier molecular flexibility index (Phi) is 5.41. The van der Waals surface area contributed by atoms with Crippen LogP contribution in [-0.2, 0) is 20.9 Å². The van der Waals surface area contributed by atoms with Crippen LogP contribution in [0.3, 0.4) is 0 Å². The number of aromatic nitrogens is 2. The van der Waals surface area contributed by atoms with E-state index < -0.39 is 11.9 Å². The highest BCUT2D eigenvalue weighted by atomic mass is 16.5. The van der Waals surface area contributed by atoms with E-state index >= 15 is 0 Å². The first kappa shape index (κ1) is 18.1.